The van der Waals surface area contributed by atoms with Crippen LogP contribution in [0.4, 0.5) is 4.39 Å². The van der Waals surface area contributed by atoms with Crippen molar-refractivity contribution >= 4 is 10.9 Å². The van der Waals surface area contributed by atoms with Gasteiger partial charge in [-0.2, -0.15) is 0 Å². The Hall–Kier alpha value is -3.79. The Morgan fingerprint density at radius 1 is 1.08 bits per heavy atom. The minimum atomic E-state index is -0.277. The first-order chi connectivity index (χ1) is 19.1. The third kappa shape index (κ3) is 5.38. The quantitative estimate of drug-likeness (QED) is 0.321. The highest BCUT2D eigenvalue weighted by atomic mass is 19.1. The second kappa shape index (κ2) is 11.1. The summed E-state index contributed by atoms with van der Waals surface area (Å²) >= 11 is 0. The lowest BCUT2D eigenvalue weighted by atomic mass is 10.0. The van der Waals surface area contributed by atoms with Gasteiger partial charge in [-0.05, 0) is 59.5 Å². The molecule has 0 radical (unpaired) electrons. The Balaban J connectivity index is 1.39. The molecule has 2 aromatic carbocycles. The van der Waals surface area contributed by atoms with Gasteiger partial charge in [0.15, 0.2) is 17.3 Å². The first-order valence-electron chi connectivity index (χ1n) is 13.8. The maximum absolute atomic E-state index is 13.7. The minimum Gasteiger partial charge on any atom is -0.486 e. The van der Waals surface area contributed by atoms with Crippen molar-refractivity contribution in [1.82, 2.24) is 30.1 Å². The molecule has 0 spiro atoms. The number of aromatic amines is 1. The molecule has 1 atom stereocenters. The van der Waals surface area contributed by atoms with Crippen molar-refractivity contribution in [3.63, 3.8) is 0 Å². The molecule has 39 heavy (non-hydrogen) atoms. The third-order valence-electron chi connectivity index (χ3n) is 7.75. The predicted molar refractivity (Wildman–Crippen MR) is 144 cm³/mol. The van der Waals surface area contributed by atoms with Crippen LogP contribution in [0, 0.1) is 5.82 Å². The number of aromatic nitrogens is 5. The zero-order valence-electron chi connectivity index (χ0n) is 22.1. The highest BCUT2D eigenvalue weighted by Crippen LogP contribution is 2.36. The normalized spacial score (nSPS) is 16.3. The van der Waals surface area contributed by atoms with Crippen molar-refractivity contribution in [3.8, 4) is 11.5 Å². The zero-order valence-corrected chi connectivity index (χ0v) is 22.1. The molecule has 2 aliphatic rings. The van der Waals surface area contributed by atoms with E-state index in [4.69, 9.17) is 9.47 Å². The van der Waals surface area contributed by atoms with E-state index in [2.05, 4.69) is 32.3 Å². The summed E-state index contributed by atoms with van der Waals surface area (Å²) in [5.74, 6) is 1.86. The number of halogens is 1. The number of pyridine rings is 1. The number of H-pyrrole nitrogens is 1. The van der Waals surface area contributed by atoms with Crippen LogP contribution < -0.4 is 15.0 Å². The molecule has 0 bridgehead atoms. The van der Waals surface area contributed by atoms with Crippen molar-refractivity contribution in [2.24, 2.45) is 0 Å². The molecule has 1 N–H and O–H groups in total. The van der Waals surface area contributed by atoms with Crippen LogP contribution in [0.1, 0.15) is 74.5 Å². The molecule has 204 valence electrons. The van der Waals surface area contributed by atoms with E-state index in [-0.39, 0.29) is 17.4 Å². The second-order valence-electron chi connectivity index (χ2n) is 10.5. The fraction of sp³-hybridized carbons (Fsp3) is 0.448. The number of ether oxygens (including phenoxy) is 2. The standard InChI is InChI=1S/C29H33FN6O3/c1-2-5-25(28-32-33-34-36(28)23-6-3-4-7-23)35(17-19-8-10-22(30)11-9-19)18-21-14-20-15-26-27(39-13-12-38-26)16-24(20)31-29(21)37/h8-11,14-16,23,25H,2-7,12-13,17-18H2,1H3,(H,31,37). The molecule has 1 saturated carbocycles. The number of hydrogen-bond donors (Lipinski definition) is 1. The highest BCUT2D eigenvalue weighted by Gasteiger charge is 2.30. The molecule has 3 heterocycles. The SMILES string of the molecule is CCCC(c1nnnn1C1CCCC1)N(Cc1ccc(F)cc1)Cc1cc2cc3c(cc2[nH]c1=O)OCCO3. The van der Waals surface area contributed by atoms with Crippen molar-refractivity contribution in [3.05, 3.63) is 75.6 Å². The van der Waals surface area contributed by atoms with Crippen LogP contribution in [-0.2, 0) is 13.1 Å². The van der Waals surface area contributed by atoms with Gasteiger partial charge in [-0.25, -0.2) is 9.07 Å². The minimum absolute atomic E-state index is 0.119. The van der Waals surface area contributed by atoms with E-state index >= 15 is 0 Å². The van der Waals surface area contributed by atoms with Gasteiger partial charge in [0.25, 0.3) is 5.56 Å². The fourth-order valence-electron chi connectivity index (χ4n) is 5.80. The number of tetrazole rings is 1. The number of rotatable bonds is 9. The van der Waals surface area contributed by atoms with Gasteiger partial charge in [0, 0.05) is 30.1 Å². The number of fused-ring (bicyclic) bond motifs is 2. The van der Waals surface area contributed by atoms with Gasteiger partial charge < -0.3 is 14.5 Å². The van der Waals surface area contributed by atoms with Crippen LogP contribution >= 0.6 is 0 Å². The van der Waals surface area contributed by atoms with Gasteiger partial charge in [-0.1, -0.05) is 38.3 Å². The van der Waals surface area contributed by atoms with Gasteiger partial charge in [0.05, 0.1) is 17.6 Å². The lowest BCUT2D eigenvalue weighted by Gasteiger charge is -2.31. The largest absolute Gasteiger partial charge is 0.486 e. The molecule has 0 saturated heterocycles. The van der Waals surface area contributed by atoms with Gasteiger partial charge in [0.2, 0.25) is 0 Å². The Bertz CT molecular complexity index is 1500. The lowest BCUT2D eigenvalue weighted by molar-refractivity contribution is 0.153. The van der Waals surface area contributed by atoms with Crippen LogP contribution in [0.3, 0.4) is 0 Å². The van der Waals surface area contributed by atoms with Crippen LogP contribution in [0.15, 0.2) is 47.3 Å². The maximum atomic E-state index is 13.7. The summed E-state index contributed by atoms with van der Waals surface area (Å²) in [6.45, 7) is 4.01. The highest BCUT2D eigenvalue weighted by molar-refractivity contribution is 5.83. The molecule has 2 aromatic heterocycles. The van der Waals surface area contributed by atoms with Crippen molar-refractivity contribution in [2.45, 2.75) is 70.6 Å². The van der Waals surface area contributed by atoms with Gasteiger partial charge in [-0.3, -0.25) is 9.69 Å². The van der Waals surface area contributed by atoms with Crippen molar-refractivity contribution < 1.29 is 13.9 Å². The molecule has 9 nitrogen and oxygen atoms in total. The number of nitrogens with one attached hydrogen (secondary N) is 1. The second-order valence-corrected chi connectivity index (χ2v) is 10.5. The molecule has 1 fully saturated rings. The molecular weight excluding hydrogens is 499 g/mol. The topological polar surface area (TPSA) is 98.2 Å². The Morgan fingerprint density at radius 3 is 2.56 bits per heavy atom. The molecule has 0 amide bonds. The summed E-state index contributed by atoms with van der Waals surface area (Å²) in [6.07, 6.45) is 6.21. The fourth-order valence-corrected chi connectivity index (χ4v) is 5.80. The number of nitrogens with zero attached hydrogens (tertiary/aromatic N) is 5. The Kier molecular flexibility index (Phi) is 7.28. The maximum Gasteiger partial charge on any atom is 0.252 e. The molecule has 1 aliphatic carbocycles. The van der Waals surface area contributed by atoms with Crippen LogP contribution in [-0.4, -0.2) is 43.3 Å². The van der Waals surface area contributed by atoms with Gasteiger partial charge in [0.1, 0.15) is 19.0 Å². The number of hydrogen-bond acceptors (Lipinski definition) is 7. The summed E-state index contributed by atoms with van der Waals surface area (Å²) in [7, 11) is 0. The lowest BCUT2D eigenvalue weighted by Crippen LogP contribution is -2.33. The van der Waals surface area contributed by atoms with Crippen molar-refractivity contribution in [1.29, 1.82) is 0 Å². The van der Waals surface area contributed by atoms with E-state index in [9.17, 15) is 9.18 Å². The average molecular weight is 533 g/mol. The number of benzene rings is 2. The summed E-state index contributed by atoms with van der Waals surface area (Å²) in [6, 6.07) is 12.4. The first kappa shape index (κ1) is 25.5. The molecule has 10 heteroatoms. The van der Waals surface area contributed by atoms with E-state index in [1.54, 1.807) is 12.1 Å². The van der Waals surface area contributed by atoms with Crippen LogP contribution in [0.2, 0.25) is 0 Å². The van der Waals surface area contributed by atoms with Gasteiger partial charge in [-0.15, -0.1) is 5.10 Å². The van der Waals surface area contributed by atoms with Gasteiger partial charge >= 0.3 is 0 Å². The van der Waals surface area contributed by atoms with E-state index in [1.165, 1.54) is 25.0 Å². The monoisotopic (exact) mass is 532 g/mol. The average Bonchev–Trinajstić information content (AvgIpc) is 3.64. The van der Waals surface area contributed by atoms with E-state index in [1.807, 2.05) is 22.9 Å². The van der Waals surface area contributed by atoms with E-state index in [0.29, 0.717) is 54.9 Å². The summed E-state index contributed by atoms with van der Waals surface area (Å²) in [5, 5.41) is 13.8. The smallest absolute Gasteiger partial charge is 0.252 e. The summed E-state index contributed by atoms with van der Waals surface area (Å²) in [4.78, 5) is 18.6. The first-order valence-corrected chi connectivity index (χ1v) is 13.8. The summed E-state index contributed by atoms with van der Waals surface area (Å²) in [5.41, 5.74) is 2.12. The van der Waals surface area contributed by atoms with E-state index in [0.717, 1.165) is 42.5 Å². The Labute approximate surface area is 225 Å². The third-order valence-corrected chi connectivity index (χ3v) is 7.75. The Morgan fingerprint density at radius 2 is 1.82 bits per heavy atom. The van der Waals surface area contributed by atoms with Crippen LogP contribution in [0.25, 0.3) is 10.9 Å². The summed E-state index contributed by atoms with van der Waals surface area (Å²) < 4.78 is 27.2. The molecule has 4 aromatic rings. The van der Waals surface area contributed by atoms with Crippen molar-refractivity contribution in [2.75, 3.05) is 13.2 Å². The zero-order chi connectivity index (χ0) is 26.8. The van der Waals surface area contributed by atoms with E-state index < -0.39 is 0 Å². The molecule has 1 aliphatic heterocycles. The van der Waals surface area contributed by atoms with Crippen LogP contribution in [0.5, 0.6) is 11.5 Å². The predicted octanol–water partition coefficient (Wildman–Crippen LogP) is 5.08. The molecule has 6 rings (SSSR count). The molecular formula is C29H33FN6O3. The molecule has 1 unspecified atom stereocenters.